The third-order valence-electron chi connectivity index (χ3n) is 5.77. The van der Waals surface area contributed by atoms with Crippen molar-refractivity contribution in [2.75, 3.05) is 40.4 Å². The molecule has 0 fully saturated rings. The second-order valence-corrected chi connectivity index (χ2v) is 8.83. The quantitative estimate of drug-likeness (QED) is 0.516. The highest BCUT2D eigenvalue weighted by atomic mass is 16.5. The van der Waals surface area contributed by atoms with Crippen molar-refractivity contribution >= 4 is 5.91 Å². The molecule has 0 aliphatic carbocycles. The normalized spacial score (nSPS) is 14.3. The summed E-state index contributed by atoms with van der Waals surface area (Å²) in [5.74, 6) is 2.45. The standard InChI is InChI=1S/C28H33N3O4/c1-30(2)17-19-33-24-12-8-10-22(20-24)28(32)31-16-6-3-7-18-34-25-13-4-5-14-26(25)35-27-23(21-31)11-9-15-29-27/h4-5,8-15,20H,3,6-7,16-19,21H2,1-2H3. The number of aromatic nitrogens is 1. The number of nitrogens with zero attached hydrogens (tertiary/aromatic N) is 3. The number of carbonyl (C=O) groups is 1. The lowest BCUT2D eigenvalue weighted by Gasteiger charge is -2.24. The Kier molecular flexibility index (Phi) is 8.57. The maximum absolute atomic E-state index is 13.6. The predicted octanol–water partition coefficient (Wildman–Crippen LogP) is 5.02. The van der Waals surface area contributed by atoms with Crippen molar-refractivity contribution in [3.8, 4) is 23.1 Å². The molecule has 1 aromatic heterocycles. The molecule has 7 nitrogen and oxygen atoms in total. The van der Waals surface area contributed by atoms with Crippen LogP contribution in [0.25, 0.3) is 0 Å². The van der Waals surface area contributed by atoms with Gasteiger partial charge >= 0.3 is 0 Å². The highest BCUT2D eigenvalue weighted by molar-refractivity contribution is 5.94. The van der Waals surface area contributed by atoms with Crippen molar-refractivity contribution in [3.63, 3.8) is 0 Å². The molecule has 1 aliphatic rings. The van der Waals surface area contributed by atoms with Gasteiger partial charge in [0.25, 0.3) is 5.91 Å². The number of ether oxygens (including phenoxy) is 3. The smallest absolute Gasteiger partial charge is 0.254 e. The maximum atomic E-state index is 13.6. The first kappa shape index (κ1) is 24.5. The van der Waals surface area contributed by atoms with Gasteiger partial charge in [-0.3, -0.25) is 4.79 Å². The molecular weight excluding hydrogens is 442 g/mol. The van der Waals surface area contributed by atoms with Crippen LogP contribution < -0.4 is 14.2 Å². The number of benzene rings is 2. The van der Waals surface area contributed by atoms with Crippen molar-refractivity contribution in [2.45, 2.75) is 25.8 Å². The lowest BCUT2D eigenvalue weighted by molar-refractivity contribution is 0.0738. The molecule has 0 atom stereocenters. The minimum atomic E-state index is -0.0376. The predicted molar refractivity (Wildman–Crippen MR) is 135 cm³/mol. The van der Waals surface area contributed by atoms with Gasteiger partial charge in [0, 0.05) is 30.4 Å². The summed E-state index contributed by atoms with van der Waals surface area (Å²) in [7, 11) is 4.01. The Hall–Kier alpha value is -3.58. The number of carbonyl (C=O) groups excluding carboxylic acids is 1. The summed E-state index contributed by atoms with van der Waals surface area (Å²) in [6.45, 7) is 2.99. The van der Waals surface area contributed by atoms with Crippen LogP contribution in [0.2, 0.25) is 0 Å². The van der Waals surface area contributed by atoms with E-state index in [9.17, 15) is 4.79 Å². The van der Waals surface area contributed by atoms with Crippen LogP contribution in [0.4, 0.5) is 0 Å². The van der Waals surface area contributed by atoms with Gasteiger partial charge in [-0.15, -0.1) is 0 Å². The summed E-state index contributed by atoms with van der Waals surface area (Å²) >= 11 is 0. The second-order valence-electron chi connectivity index (χ2n) is 8.83. The molecule has 1 amide bonds. The molecule has 184 valence electrons. The van der Waals surface area contributed by atoms with Gasteiger partial charge in [-0.2, -0.15) is 0 Å². The van der Waals surface area contributed by atoms with E-state index >= 15 is 0 Å². The second kappa shape index (κ2) is 12.2. The van der Waals surface area contributed by atoms with Crippen LogP contribution in [-0.2, 0) is 6.54 Å². The van der Waals surface area contributed by atoms with Crippen molar-refractivity contribution in [2.24, 2.45) is 0 Å². The summed E-state index contributed by atoms with van der Waals surface area (Å²) in [5.41, 5.74) is 1.45. The Morgan fingerprint density at radius 3 is 2.74 bits per heavy atom. The molecule has 3 aromatic rings. The zero-order chi connectivity index (χ0) is 24.5. The van der Waals surface area contributed by atoms with Crippen LogP contribution >= 0.6 is 0 Å². The van der Waals surface area contributed by atoms with E-state index in [0.717, 1.165) is 31.4 Å². The molecule has 0 N–H and O–H groups in total. The van der Waals surface area contributed by atoms with Gasteiger partial charge in [-0.25, -0.2) is 4.98 Å². The lowest BCUT2D eigenvalue weighted by atomic mass is 10.1. The van der Waals surface area contributed by atoms with Crippen molar-refractivity contribution in [1.29, 1.82) is 0 Å². The van der Waals surface area contributed by atoms with Crippen LogP contribution in [0.15, 0.2) is 66.9 Å². The molecule has 2 heterocycles. The fourth-order valence-corrected chi connectivity index (χ4v) is 3.86. The number of fused-ring (bicyclic) bond motifs is 2. The van der Waals surface area contributed by atoms with E-state index in [1.807, 2.05) is 79.7 Å². The lowest BCUT2D eigenvalue weighted by Crippen LogP contribution is -2.32. The van der Waals surface area contributed by atoms with Crippen LogP contribution in [0.1, 0.15) is 35.2 Å². The first-order chi connectivity index (χ1) is 17.1. The summed E-state index contributed by atoms with van der Waals surface area (Å²) in [6.07, 6.45) is 4.43. The van der Waals surface area contributed by atoms with Gasteiger partial charge < -0.3 is 24.0 Å². The van der Waals surface area contributed by atoms with Gasteiger partial charge in [0.2, 0.25) is 5.88 Å². The number of pyridine rings is 1. The van der Waals surface area contributed by atoms with Crippen molar-refractivity contribution in [3.05, 3.63) is 78.0 Å². The van der Waals surface area contributed by atoms with Crippen molar-refractivity contribution < 1.29 is 19.0 Å². The molecule has 0 unspecified atom stereocenters. The fourth-order valence-electron chi connectivity index (χ4n) is 3.86. The minimum absolute atomic E-state index is 0.0376. The molecule has 2 aromatic carbocycles. The van der Waals surface area contributed by atoms with E-state index in [0.29, 0.717) is 55.0 Å². The molecule has 0 saturated carbocycles. The fraction of sp³-hybridized carbons (Fsp3) is 0.357. The zero-order valence-corrected chi connectivity index (χ0v) is 20.5. The topological polar surface area (TPSA) is 64.1 Å². The Bertz CT molecular complexity index is 1120. The van der Waals surface area contributed by atoms with Crippen LogP contribution in [-0.4, -0.2) is 61.1 Å². The largest absolute Gasteiger partial charge is 0.492 e. The Balaban J connectivity index is 1.57. The SMILES string of the molecule is CN(C)CCOc1cccc(C(=O)N2CCCCCOc3ccccc3Oc3ncccc3C2)c1. The van der Waals surface area contributed by atoms with E-state index in [2.05, 4.69) is 9.88 Å². The first-order valence-corrected chi connectivity index (χ1v) is 12.1. The van der Waals surface area contributed by atoms with Gasteiger partial charge in [-0.05, 0) is 69.8 Å². The Morgan fingerprint density at radius 1 is 1.03 bits per heavy atom. The maximum Gasteiger partial charge on any atom is 0.254 e. The average Bonchev–Trinajstić information content (AvgIpc) is 2.88. The van der Waals surface area contributed by atoms with Gasteiger partial charge in [0.1, 0.15) is 12.4 Å². The number of amides is 1. The molecule has 0 radical (unpaired) electrons. The van der Waals surface area contributed by atoms with Crippen LogP contribution in [0, 0.1) is 0 Å². The number of likely N-dealkylation sites (N-methyl/N-ethyl adjacent to an activating group) is 1. The van der Waals surface area contributed by atoms with Gasteiger partial charge in [0.05, 0.1) is 13.2 Å². The molecule has 0 bridgehead atoms. The molecule has 7 heteroatoms. The van der Waals surface area contributed by atoms with E-state index < -0.39 is 0 Å². The molecule has 4 rings (SSSR count). The summed E-state index contributed by atoms with van der Waals surface area (Å²) in [6, 6.07) is 18.8. The summed E-state index contributed by atoms with van der Waals surface area (Å²) in [5, 5.41) is 0. The number of hydrogen-bond donors (Lipinski definition) is 0. The molecule has 0 saturated heterocycles. The third kappa shape index (κ3) is 6.96. The first-order valence-electron chi connectivity index (χ1n) is 12.1. The zero-order valence-electron chi connectivity index (χ0n) is 20.5. The average molecular weight is 476 g/mol. The molecule has 1 aliphatic heterocycles. The minimum Gasteiger partial charge on any atom is -0.492 e. The third-order valence-corrected chi connectivity index (χ3v) is 5.77. The molecule has 0 spiro atoms. The van der Waals surface area contributed by atoms with E-state index in [1.54, 1.807) is 6.20 Å². The monoisotopic (exact) mass is 475 g/mol. The van der Waals surface area contributed by atoms with Gasteiger partial charge in [-0.1, -0.05) is 24.3 Å². The highest BCUT2D eigenvalue weighted by Gasteiger charge is 2.20. The molecule has 35 heavy (non-hydrogen) atoms. The van der Waals surface area contributed by atoms with E-state index in [4.69, 9.17) is 14.2 Å². The van der Waals surface area contributed by atoms with Crippen molar-refractivity contribution in [1.82, 2.24) is 14.8 Å². The highest BCUT2D eigenvalue weighted by Crippen LogP contribution is 2.33. The number of para-hydroxylation sites is 2. The molecular formula is C28H33N3O4. The number of hydrogen-bond acceptors (Lipinski definition) is 6. The van der Waals surface area contributed by atoms with E-state index in [1.165, 1.54) is 0 Å². The Morgan fingerprint density at radius 2 is 1.89 bits per heavy atom. The summed E-state index contributed by atoms with van der Waals surface area (Å²) in [4.78, 5) is 22.0. The summed E-state index contributed by atoms with van der Waals surface area (Å²) < 4.78 is 18.0. The van der Waals surface area contributed by atoms with E-state index in [-0.39, 0.29) is 5.91 Å². The number of rotatable bonds is 5. The van der Waals surface area contributed by atoms with Crippen LogP contribution in [0.5, 0.6) is 23.1 Å². The Labute approximate surface area is 207 Å². The van der Waals surface area contributed by atoms with Crippen LogP contribution in [0.3, 0.4) is 0 Å². The van der Waals surface area contributed by atoms with Gasteiger partial charge in [0.15, 0.2) is 11.5 Å².